The van der Waals surface area contributed by atoms with Gasteiger partial charge in [0.05, 0.1) is 6.42 Å². The molecule has 0 aromatic carbocycles. The molecule has 1 atom stereocenters. The Hall–Kier alpha value is -1.26. The van der Waals surface area contributed by atoms with Gasteiger partial charge in [0, 0.05) is 6.04 Å². The van der Waals surface area contributed by atoms with Gasteiger partial charge in [0.15, 0.2) is 0 Å². The zero-order valence-corrected chi connectivity index (χ0v) is 12.5. The van der Waals surface area contributed by atoms with Gasteiger partial charge < -0.3 is 15.2 Å². The summed E-state index contributed by atoms with van der Waals surface area (Å²) < 4.78 is 5.13. The highest BCUT2D eigenvalue weighted by atomic mass is 16.6. The van der Waals surface area contributed by atoms with Crippen molar-refractivity contribution in [2.45, 2.75) is 77.9 Å². The van der Waals surface area contributed by atoms with Crippen LogP contribution in [0.15, 0.2) is 0 Å². The number of aliphatic carboxylic acids is 1. The van der Waals surface area contributed by atoms with Gasteiger partial charge in [-0.1, -0.05) is 32.6 Å². The summed E-state index contributed by atoms with van der Waals surface area (Å²) in [5.74, 6) is -0.906. The number of ether oxygens (including phenoxy) is 1. The Kier molecular flexibility index (Phi) is 8.19. The molecule has 0 aromatic heterocycles. The van der Waals surface area contributed by atoms with Crippen molar-refractivity contribution in [3.63, 3.8) is 0 Å². The Balaban J connectivity index is 4.18. The van der Waals surface area contributed by atoms with Crippen LogP contribution in [0.1, 0.15) is 66.2 Å². The summed E-state index contributed by atoms with van der Waals surface area (Å²) in [4.78, 5) is 22.4. The average molecular weight is 273 g/mol. The third kappa shape index (κ3) is 11.6. The molecule has 0 aliphatic rings. The lowest BCUT2D eigenvalue weighted by Crippen LogP contribution is -2.40. The molecule has 0 fully saturated rings. The molecule has 0 unspecified atom stereocenters. The van der Waals surface area contributed by atoms with Crippen molar-refractivity contribution in [1.82, 2.24) is 5.32 Å². The van der Waals surface area contributed by atoms with Crippen molar-refractivity contribution in [1.29, 1.82) is 0 Å². The molecule has 5 heteroatoms. The molecule has 112 valence electrons. The average Bonchev–Trinajstić information content (AvgIpc) is 2.20. The Bertz CT molecular complexity index is 284. The van der Waals surface area contributed by atoms with Crippen LogP contribution in [0.5, 0.6) is 0 Å². The van der Waals surface area contributed by atoms with Crippen molar-refractivity contribution in [3.8, 4) is 0 Å². The van der Waals surface area contributed by atoms with Crippen molar-refractivity contribution in [2.24, 2.45) is 0 Å². The van der Waals surface area contributed by atoms with E-state index in [1.54, 1.807) is 20.8 Å². The van der Waals surface area contributed by atoms with Gasteiger partial charge in [-0.15, -0.1) is 0 Å². The number of alkyl carbamates (subject to hydrolysis) is 1. The lowest BCUT2D eigenvalue weighted by atomic mass is 10.0. The van der Waals surface area contributed by atoms with Gasteiger partial charge in [0.25, 0.3) is 0 Å². The smallest absolute Gasteiger partial charge is 0.407 e. The number of rotatable bonds is 8. The van der Waals surface area contributed by atoms with Crippen LogP contribution in [0.25, 0.3) is 0 Å². The number of hydrogen-bond acceptors (Lipinski definition) is 3. The molecule has 19 heavy (non-hydrogen) atoms. The van der Waals surface area contributed by atoms with Gasteiger partial charge in [0.1, 0.15) is 5.60 Å². The van der Waals surface area contributed by atoms with Gasteiger partial charge >= 0.3 is 12.1 Å². The van der Waals surface area contributed by atoms with Crippen molar-refractivity contribution in [3.05, 3.63) is 0 Å². The molecule has 0 saturated carbocycles. The molecular weight excluding hydrogens is 246 g/mol. The molecule has 0 aliphatic carbocycles. The Morgan fingerprint density at radius 1 is 1.21 bits per heavy atom. The number of carboxylic acid groups (broad SMARTS) is 1. The van der Waals surface area contributed by atoms with E-state index in [1.807, 2.05) is 0 Å². The second-order valence-corrected chi connectivity index (χ2v) is 5.79. The van der Waals surface area contributed by atoms with Crippen LogP contribution < -0.4 is 5.32 Å². The van der Waals surface area contributed by atoms with E-state index in [0.717, 1.165) is 25.7 Å². The maximum Gasteiger partial charge on any atom is 0.407 e. The van der Waals surface area contributed by atoms with E-state index in [0.29, 0.717) is 6.42 Å². The highest BCUT2D eigenvalue weighted by Crippen LogP contribution is 2.11. The van der Waals surface area contributed by atoms with E-state index in [2.05, 4.69) is 12.2 Å². The van der Waals surface area contributed by atoms with Gasteiger partial charge in [-0.05, 0) is 27.2 Å². The number of unbranched alkanes of at least 4 members (excludes halogenated alkanes) is 3. The second-order valence-electron chi connectivity index (χ2n) is 5.79. The molecule has 5 nitrogen and oxygen atoms in total. The van der Waals surface area contributed by atoms with Crippen molar-refractivity contribution >= 4 is 12.1 Å². The Morgan fingerprint density at radius 2 is 1.84 bits per heavy atom. The lowest BCUT2D eigenvalue weighted by molar-refractivity contribution is -0.137. The predicted octanol–water partition coefficient (Wildman–Crippen LogP) is 3.32. The summed E-state index contributed by atoms with van der Waals surface area (Å²) in [7, 11) is 0. The Morgan fingerprint density at radius 3 is 2.32 bits per heavy atom. The molecular formula is C14H27NO4. The van der Waals surface area contributed by atoms with Crippen LogP contribution >= 0.6 is 0 Å². The highest BCUT2D eigenvalue weighted by molar-refractivity contribution is 5.71. The summed E-state index contributed by atoms with van der Waals surface area (Å²) in [6.07, 6.45) is 4.30. The zero-order chi connectivity index (χ0) is 14.9. The molecule has 0 bridgehead atoms. The second kappa shape index (κ2) is 8.77. The topological polar surface area (TPSA) is 75.6 Å². The fourth-order valence-electron chi connectivity index (χ4n) is 1.73. The maximum atomic E-state index is 11.6. The van der Waals surface area contributed by atoms with E-state index in [4.69, 9.17) is 9.84 Å². The van der Waals surface area contributed by atoms with Crippen LogP contribution in [0.2, 0.25) is 0 Å². The highest BCUT2D eigenvalue weighted by Gasteiger charge is 2.20. The van der Waals surface area contributed by atoms with Crippen LogP contribution in [-0.2, 0) is 9.53 Å². The number of carbonyl (C=O) groups excluding carboxylic acids is 1. The molecule has 1 amide bonds. The summed E-state index contributed by atoms with van der Waals surface area (Å²) >= 11 is 0. The van der Waals surface area contributed by atoms with Crippen LogP contribution in [0.3, 0.4) is 0 Å². The minimum atomic E-state index is -0.906. The van der Waals surface area contributed by atoms with Crippen LogP contribution in [0, 0.1) is 0 Å². The SMILES string of the molecule is CCCCCC[C@H](CC(=O)O)NC(=O)OC(C)(C)C. The number of carbonyl (C=O) groups is 2. The first kappa shape index (κ1) is 17.7. The minimum absolute atomic E-state index is 0.0641. The van der Waals surface area contributed by atoms with E-state index in [1.165, 1.54) is 0 Å². The molecule has 0 aliphatic heterocycles. The van der Waals surface area contributed by atoms with Gasteiger partial charge in [0.2, 0.25) is 0 Å². The lowest BCUT2D eigenvalue weighted by Gasteiger charge is -2.23. The number of nitrogens with one attached hydrogen (secondary N) is 1. The third-order valence-electron chi connectivity index (χ3n) is 2.55. The van der Waals surface area contributed by atoms with Gasteiger partial charge in [-0.3, -0.25) is 4.79 Å². The zero-order valence-electron chi connectivity index (χ0n) is 12.5. The first-order chi connectivity index (χ1) is 8.74. The summed E-state index contributed by atoms with van der Waals surface area (Å²) in [6, 6.07) is -0.357. The maximum absolute atomic E-state index is 11.6. The minimum Gasteiger partial charge on any atom is -0.481 e. The molecule has 0 saturated heterocycles. The summed E-state index contributed by atoms with van der Waals surface area (Å²) in [5, 5.41) is 11.5. The van der Waals surface area contributed by atoms with Gasteiger partial charge in [-0.25, -0.2) is 4.79 Å². The summed E-state index contributed by atoms with van der Waals surface area (Å²) in [5.41, 5.74) is -0.569. The van der Waals surface area contributed by atoms with Crippen LogP contribution in [-0.4, -0.2) is 28.8 Å². The van der Waals surface area contributed by atoms with Crippen molar-refractivity contribution in [2.75, 3.05) is 0 Å². The first-order valence-electron chi connectivity index (χ1n) is 6.96. The predicted molar refractivity (Wildman–Crippen MR) is 74.2 cm³/mol. The monoisotopic (exact) mass is 273 g/mol. The quantitative estimate of drug-likeness (QED) is 0.665. The molecule has 0 heterocycles. The summed E-state index contributed by atoms with van der Waals surface area (Å²) in [6.45, 7) is 7.45. The molecule has 0 spiro atoms. The third-order valence-corrected chi connectivity index (χ3v) is 2.55. The molecule has 0 radical (unpaired) electrons. The molecule has 0 aromatic rings. The largest absolute Gasteiger partial charge is 0.481 e. The molecule has 0 rings (SSSR count). The Labute approximate surface area is 115 Å². The standard InChI is InChI=1S/C14H27NO4/c1-5-6-7-8-9-11(10-12(16)17)15-13(18)19-14(2,3)4/h11H,5-10H2,1-4H3,(H,15,18)(H,16,17)/t11-/m1/s1. The number of carboxylic acids is 1. The fraction of sp³-hybridized carbons (Fsp3) is 0.857. The van der Waals surface area contributed by atoms with E-state index < -0.39 is 17.7 Å². The van der Waals surface area contributed by atoms with E-state index >= 15 is 0 Å². The van der Waals surface area contributed by atoms with E-state index in [9.17, 15) is 9.59 Å². The normalized spacial score (nSPS) is 12.8. The number of hydrogen-bond donors (Lipinski definition) is 2. The van der Waals surface area contributed by atoms with Crippen LogP contribution in [0.4, 0.5) is 4.79 Å². The molecule has 2 N–H and O–H groups in total. The van der Waals surface area contributed by atoms with Crippen molar-refractivity contribution < 1.29 is 19.4 Å². The fourth-order valence-corrected chi connectivity index (χ4v) is 1.73. The van der Waals surface area contributed by atoms with E-state index in [-0.39, 0.29) is 12.5 Å². The number of amides is 1. The first-order valence-corrected chi connectivity index (χ1v) is 6.96. The van der Waals surface area contributed by atoms with Gasteiger partial charge in [-0.2, -0.15) is 0 Å².